The number of hydrogen-bond acceptors (Lipinski definition) is 10. The van der Waals surface area contributed by atoms with Crippen molar-refractivity contribution in [3.05, 3.63) is 148 Å². The van der Waals surface area contributed by atoms with E-state index in [1.165, 1.54) is 30.5 Å². The lowest BCUT2D eigenvalue weighted by Gasteiger charge is -2.35. The van der Waals surface area contributed by atoms with E-state index in [-0.39, 0.29) is 41.4 Å². The van der Waals surface area contributed by atoms with Crippen LogP contribution < -0.4 is 16.5 Å². The SMILES string of the molecule is CC1(c2ccc3nccc(C(=O)NCC(=O)N4CC(F)(F)CC4C#N)c3c2)C=CC(OC2CCCN(C(=O)Cc3ccc(C(=O)O)c(-c4c5ccc(=O)cc-5oc5ccccc45)c3)C2)=CC1.NC=O. The van der Waals surface area contributed by atoms with E-state index in [0.29, 0.717) is 75.2 Å². The van der Waals surface area contributed by atoms with Gasteiger partial charge in [-0.15, -0.1) is 0 Å². The minimum Gasteiger partial charge on any atom is -0.489 e. The van der Waals surface area contributed by atoms with Gasteiger partial charge in [-0.05, 0) is 96.6 Å². The van der Waals surface area contributed by atoms with Crippen LogP contribution in [0.15, 0.2) is 124 Å². The third-order valence-electron chi connectivity index (χ3n) is 12.7. The number of carbonyl (C=O) groups excluding carboxylic acids is 4. The summed E-state index contributed by atoms with van der Waals surface area (Å²) in [6.45, 7) is 1.55. The molecule has 0 radical (unpaired) electrons. The number of rotatable bonds is 10. The van der Waals surface area contributed by atoms with Gasteiger partial charge in [0, 0.05) is 52.5 Å². The van der Waals surface area contributed by atoms with Gasteiger partial charge in [0.25, 0.3) is 11.8 Å². The van der Waals surface area contributed by atoms with Gasteiger partial charge in [0.2, 0.25) is 18.2 Å². The Morgan fingerprint density at radius 3 is 2.57 bits per heavy atom. The molecule has 3 aromatic carbocycles. The third kappa shape index (κ3) is 10.1. The smallest absolute Gasteiger partial charge is 0.336 e. The zero-order valence-electron chi connectivity index (χ0n) is 37.3. The Bertz CT molecular complexity index is 3160. The number of piperidine rings is 1. The molecule has 2 saturated heterocycles. The average molecular weight is 937 g/mol. The molecular weight excluding hydrogens is 891 g/mol. The van der Waals surface area contributed by atoms with Crippen molar-refractivity contribution in [1.29, 1.82) is 5.26 Å². The van der Waals surface area contributed by atoms with Crippen molar-refractivity contribution >= 4 is 52.0 Å². The molecule has 0 bridgehead atoms. The van der Waals surface area contributed by atoms with Crippen molar-refractivity contribution < 1.29 is 47.0 Å². The van der Waals surface area contributed by atoms with Gasteiger partial charge in [-0.25, -0.2) is 13.6 Å². The number of carbonyl (C=O) groups is 5. The molecule has 4 N–H and O–H groups in total. The number of nitrogens with zero attached hydrogens (tertiary/aromatic N) is 4. The summed E-state index contributed by atoms with van der Waals surface area (Å²) in [5.41, 5.74) is 7.88. The molecule has 69 heavy (non-hydrogen) atoms. The predicted octanol–water partition coefficient (Wildman–Crippen LogP) is 6.75. The highest BCUT2D eigenvalue weighted by atomic mass is 19.3. The maximum Gasteiger partial charge on any atom is 0.336 e. The molecule has 3 atom stereocenters. The van der Waals surface area contributed by atoms with Gasteiger partial charge >= 0.3 is 5.97 Å². The number of allylic oxidation sites excluding steroid dienone is 3. The highest BCUT2D eigenvalue weighted by Gasteiger charge is 2.47. The molecular formula is C52H46F2N6O9. The highest BCUT2D eigenvalue weighted by molar-refractivity contribution is 6.08. The maximum absolute atomic E-state index is 13.9. The van der Waals surface area contributed by atoms with Gasteiger partial charge in [-0.2, -0.15) is 5.26 Å². The van der Waals surface area contributed by atoms with E-state index < -0.39 is 54.7 Å². The molecule has 3 aliphatic heterocycles. The summed E-state index contributed by atoms with van der Waals surface area (Å²) in [6.07, 6.45) is 8.71. The second-order valence-electron chi connectivity index (χ2n) is 17.4. The number of nitrogens with one attached hydrogen (secondary N) is 1. The first-order valence-electron chi connectivity index (χ1n) is 22.2. The molecule has 1 aromatic heterocycles. The number of nitriles is 1. The van der Waals surface area contributed by atoms with Crippen LogP contribution in [0.25, 0.3) is 44.3 Å². The van der Waals surface area contributed by atoms with Crippen molar-refractivity contribution in [3.63, 3.8) is 0 Å². The third-order valence-corrected chi connectivity index (χ3v) is 12.7. The normalized spacial score (nSPS) is 19.5. The summed E-state index contributed by atoms with van der Waals surface area (Å²) in [5, 5.41) is 23.3. The molecule has 15 nitrogen and oxygen atoms in total. The van der Waals surface area contributed by atoms with Gasteiger partial charge in [-0.1, -0.05) is 43.3 Å². The first kappa shape index (κ1) is 47.2. The largest absolute Gasteiger partial charge is 0.489 e. The Labute approximate surface area is 393 Å². The van der Waals surface area contributed by atoms with E-state index in [4.69, 9.17) is 13.9 Å². The summed E-state index contributed by atoms with van der Waals surface area (Å²) >= 11 is 0. The van der Waals surface area contributed by atoms with Crippen LogP contribution in [0.1, 0.15) is 64.4 Å². The summed E-state index contributed by atoms with van der Waals surface area (Å²) in [5.74, 6) is -4.78. The number of hydrogen-bond donors (Lipinski definition) is 3. The van der Waals surface area contributed by atoms with Crippen LogP contribution in [-0.4, -0.2) is 94.2 Å². The minimum absolute atomic E-state index is 0.0317. The number of carboxylic acid groups (broad SMARTS) is 1. The van der Waals surface area contributed by atoms with E-state index in [0.717, 1.165) is 23.3 Å². The zero-order valence-corrected chi connectivity index (χ0v) is 37.3. The summed E-state index contributed by atoms with van der Waals surface area (Å²) in [4.78, 5) is 80.5. The average Bonchev–Trinajstić information content (AvgIpc) is 3.67. The fraction of sp³-hybridized carbons (Fsp3) is 0.269. The topological polar surface area (TPSA) is 226 Å². The van der Waals surface area contributed by atoms with Crippen molar-refractivity contribution in [2.45, 2.75) is 62.5 Å². The number of aromatic carboxylic acids is 1. The molecule has 352 valence electrons. The Balaban J connectivity index is 0.00000209. The summed E-state index contributed by atoms with van der Waals surface area (Å²) < 4.78 is 40.4. The van der Waals surface area contributed by atoms with Gasteiger partial charge in [0.05, 0.1) is 48.8 Å². The van der Waals surface area contributed by atoms with Crippen LogP contribution >= 0.6 is 0 Å². The van der Waals surface area contributed by atoms with E-state index in [1.807, 2.05) is 48.6 Å². The first-order chi connectivity index (χ1) is 33.1. The van der Waals surface area contributed by atoms with Crippen LogP contribution in [0.4, 0.5) is 8.78 Å². The van der Waals surface area contributed by atoms with Crippen molar-refractivity contribution in [2.75, 3.05) is 26.2 Å². The van der Waals surface area contributed by atoms with Crippen molar-refractivity contribution in [3.8, 4) is 28.5 Å². The molecule has 0 saturated carbocycles. The number of carboxylic acids is 1. The number of aromatic nitrogens is 1. The lowest BCUT2D eigenvalue weighted by molar-refractivity contribution is -0.133. The molecule has 2 aliphatic carbocycles. The van der Waals surface area contributed by atoms with Crippen molar-refractivity contribution in [1.82, 2.24) is 20.1 Å². The molecule has 17 heteroatoms. The van der Waals surface area contributed by atoms with E-state index in [1.54, 1.807) is 41.3 Å². The summed E-state index contributed by atoms with van der Waals surface area (Å²) in [7, 11) is 0. The van der Waals surface area contributed by atoms with Gasteiger partial charge in [-0.3, -0.25) is 29.0 Å². The fourth-order valence-electron chi connectivity index (χ4n) is 9.21. The standard InChI is InChI=1S/C51H43F2N5O8.CH3NO/c1-50(31-9-13-42-40(23-31)36(16-19-55-42)48(62)56-27-46(61)58-29-51(52,53)25-32(58)26-54)17-14-34(15-18-50)65-35-5-4-20-57(28-35)45(60)22-30-8-11-37(49(63)64)41(21-30)47-38-6-2-3-7-43(38)66-44-24-33(59)10-12-39(44)47;2-1-3/h2-3,6-17,19,21,23-24,32,35H,4-5,18,20,22,25,27-29H2,1H3,(H,56,62)(H,63,64);1H,(H2,2,3). The molecule has 4 amide bonds. The van der Waals surface area contributed by atoms with Crippen LogP contribution in [0.2, 0.25) is 0 Å². The van der Waals surface area contributed by atoms with Gasteiger partial charge in [0.15, 0.2) is 5.43 Å². The molecule has 2 fully saturated rings. The Hall–Kier alpha value is -8.26. The van der Waals surface area contributed by atoms with Gasteiger partial charge in [0.1, 0.15) is 29.2 Å². The lowest BCUT2D eigenvalue weighted by atomic mass is 9.76. The molecule has 4 aromatic rings. The molecule has 5 aliphatic rings. The lowest BCUT2D eigenvalue weighted by Crippen LogP contribution is -2.43. The van der Waals surface area contributed by atoms with E-state index in [2.05, 4.69) is 23.0 Å². The van der Waals surface area contributed by atoms with Crippen molar-refractivity contribution in [2.24, 2.45) is 5.73 Å². The van der Waals surface area contributed by atoms with Crippen LogP contribution in [0.3, 0.4) is 0 Å². The Morgan fingerprint density at radius 1 is 1.01 bits per heavy atom. The molecule has 3 unspecified atom stereocenters. The summed E-state index contributed by atoms with van der Waals surface area (Å²) in [6, 6.07) is 24.2. The Kier molecular flexibility index (Phi) is 13.4. The number of amides is 4. The number of pyridine rings is 1. The maximum atomic E-state index is 13.9. The Morgan fingerprint density at radius 2 is 1.81 bits per heavy atom. The second-order valence-corrected chi connectivity index (χ2v) is 17.4. The monoisotopic (exact) mass is 936 g/mol. The predicted molar refractivity (Wildman–Crippen MR) is 250 cm³/mol. The molecule has 0 spiro atoms. The fourth-order valence-corrected chi connectivity index (χ4v) is 9.21. The van der Waals surface area contributed by atoms with E-state index >= 15 is 0 Å². The number of nitrogens with two attached hydrogens (primary N) is 1. The molecule has 9 rings (SSSR count). The van der Waals surface area contributed by atoms with E-state index in [9.17, 15) is 43.1 Å². The number of likely N-dealkylation sites (tertiary alicyclic amines) is 2. The number of halogens is 2. The first-order valence-corrected chi connectivity index (χ1v) is 22.2. The minimum atomic E-state index is -3.17. The molecule has 4 heterocycles. The zero-order chi connectivity index (χ0) is 49.0. The number of ether oxygens (including phenoxy) is 1. The van der Waals surface area contributed by atoms with Crippen LogP contribution in [0.5, 0.6) is 0 Å². The van der Waals surface area contributed by atoms with Crippen LogP contribution in [0, 0.1) is 11.3 Å². The van der Waals surface area contributed by atoms with Gasteiger partial charge < -0.3 is 35.1 Å². The highest BCUT2D eigenvalue weighted by Crippen LogP contribution is 2.42. The number of para-hydroxylation sites is 1. The quantitative estimate of drug-likeness (QED) is 0.0961. The second kappa shape index (κ2) is 19.5. The number of fused-ring (bicyclic) bond motifs is 3. The number of primary amides is 1. The number of alkyl halides is 2. The number of benzene rings is 4. The van der Waals surface area contributed by atoms with Crippen LogP contribution in [-0.2, 0) is 31.0 Å².